The molecule has 0 amide bonds. The highest BCUT2D eigenvalue weighted by atomic mass is 32.2. The van der Waals surface area contributed by atoms with E-state index in [-0.39, 0.29) is 4.90 Å². The third kappa shape index (κ3) is 5.06. The van der Waals surface area contributed by atoms with Crippen LogP contribution in [0.2, 0.25) is 0 Å². The molecule has 0 aliphatic heterocycles. The maximum Gasteiger partial charge on any atom is 0.240 e. The minimum Gasteiger partial charge on any atom is -0.494 e. The van der Waals surface area contributed by atoms with Crippen molar-refractivity contribution in [3.05, 3.63) is 59.7 Å². The molecule has 2 aromatic rings. The molecule has 0 atom stereocenters. The van der Waals surface area contributed by atoms with Gasteiger partial charge in [-0.05, 0) is 49.4 Å². The van der Waals surface area contributed by atoms with E-state index in [2.05, 4.69) is 10.0 Å². The zero-order valence-corrected chi connectivity index (χ0v) is 14.2. The van der Waals surface area contributed by atoms with Crippen LogP contribution in [0, 0.1) is 0 Å². The molecular formula is C17H22N2O3S. The summed E-state index contributed by atoms with van der Waals surface area (Å²) in [6, 6.07) is 14.8. The molecule has 6 heteroatoms. The summed E-state index contributed by atoms with van der Waals surface area (Å²) in [5.41, 5.74) is 2.07. The van der Waals surface area contributed by atoms with Gasteiger partial charge in [0.1, 0.15) is 5.75 Å². The van der Waals surface area contributed by atoms with Gasteiger partial charge in [-0.15, -0.1) is 0 Å². The Hall–Kier alpha value is -1.89. The van der Waals surface area contributed by atoms with Gasteiger partial charge in [-0.2, -0.15) is 0 Å². The van der Waals surface area contributed by atoms with Crippen molar-refractivity contribution in [3.63, 3.8) is 0 Å². The molecule has 0 aliphatic carbocycles. The first-order valence-electron chi connectivity index (χ1n) is 7.50. The van der Waals surface area contributed by atoms with Crippen molar-refractivity contribution < 1.29 is 13.2 Å². The molecule has 0 saturated carbocycles. The van der Waals surface area contributed by atoms with Crippen LogP contribution < -0.4 is 14.8 Å². The Morgan fingerprint density at radius 3 is 2.35 bits per heavy atom. The van der Waals surface area contributed by atoms with Gasteiger partial charge >= 0.3 is 0 Å². The molecule has 23 heavy (non-hydrogen) atoms. The molecule has 0 aliphatic rings. The zero-order valence-electron chi connectivity index (χ0n) is 13.4. The number of hydrogen-bond acceptors (Lipinski definition) is 4. The van der Waals surface area contributed by atoms with Crippen molar-refractivity contribution in [2.24, 2.45) is 0 Å². The van der Waals surface area contributed by atoms with E-state index in [0.29, 0.717) is 19.7 Å². The van der Waals surface area contributed by atoms with Crippen LogP contribution in [-0.2, 0) is 23.1 Å². The summed E-state index contributed by atoms with van der Waals surface area (Å²) in [6.45, 7) is 3.91. The number of ether oxygens (including phenoxy) is 1. The Kier molecular flexibility index (Phi) is 6.15. The molecule has 2 N–H and O–H groups in total. The van der Waals surface area contributed by atoms with Gasteiger partial charge < -0.3 is 10.1 Å². The highest BCUT2D eigenvalue weighted by Gasteiger charge is 2.10. The van der Waals surface area contributed by atoms with Crippen LogP contribution in [0.3, 0.4) is 0 Å². The first-order chi connectivity index (χ1) is 11.0. The van der Waals surface area contributed by atoms with Gasteiger partial charge in [0.15, 0.2) is 0 Å². The average molecular weight is 334 g/mol. The number of nitrogens with one attached hydrogen (secondary N) is 2. The third-order valence-electron chi connectivity index (χ3n) is 3.37. The Morgan fingerprint density at radius 2 is 1.70 bits per heavy atom. The summed E-state index contributed by atoms with van der Waals surface area (Å²) in [7, 11) is -1.99. The van der Waals surface area contributed by atoms with E-state index < -0.39 is 10.0 Å². The standard InChI is InChI=1S/C17H22N2O3S/c1-3-22-16-9-7-14(8-10-16)12-19-13-15-5-4-6-17(11-15)23(20,21)18-2/h4-11,18-19H,3,12-13H2,1-2H3. The number of hydrogen-bond donors (Lipinski definition) is 2. The first-order valence-corrected chi connectivity index (χ1v) is 8.98. The van der Waals surface area contributed by atoms with Crippen LogP contribution in [0.1, 0.15) is 18.1 Å². The predicted octanol–water partition coefficient (Wildman–Crippen LogP) is 2.28. The van der Waals surface area contributed by atoms with E-state index in [1.165, 1.54) is 7.05 Å². The molecule has 2 aromatic carbocycles. The fraction of sp³-hybridized carbons (Fsp3) is 0.294. The minimum atomic E-state index is -3.40. The van der Waals surface area contributed by atoms with Crippen LogP contribution in [0.4, 0.5) is 0 Å². The van der Waals surface area contributed by atoms with E-state index >= 15 is 0 Å². The van der Waals surface area contributed by atoms with E-state index in [4.69, 9.17) is 4.74 Å². The number of benzene rings is 2. The Labute approximate surface area is 137 Å². The lowest BCUT2D eigenvalue weighted by Gasteiger charge is -2.08. The molecule has 0 heterocycles. The molecule has 0 aromatic heterocycles. The second-order valence-electron chi connectivity index (χ2n) is 5.04. The smallest absolute Gasteiger partial charge is 0.240 e. The summed E-state index contributed by atoms with van der Waals surface area (Å²) >= 11 is 0. The zero-order chi connectivity index (χ0) is 16.7. The van der Waals surface area contributed by atoms with Crippen molar-refractivity contribution in [1.82, 2.24) is 10.0 Å². The molecule has 0 fully saturated rings. The van der Waals surface area contributed by atoms with Gasteiger partial charge in [-0.3, -0.25) is 0 Å². The molecular weight excluding hydrogens is 312 g/mol. The summed E-state index contributed by atoms with van der Waals surface area (Å²) < 4.78 is 31.3. The van der Waals surface area contributed by atoms with Crippen LogP contribution in [0.15, 0.2) is 53.4 Å². The molecule has 2 rings (SSSR count). The quantitative estimate of drug-likeness (QED) is 0.777. The van der Waals surface area contributed by atoms with Crippen molar-refractivity contribution in [2.45, 2.75) is 24.9 Å². The Bertz CT molecular complexity index is 728. The number of sulfonamides is 1. The summed E-state index contributed by atoms with van der Waals surface area (Å²) in [5, 5.41) is 3.31. The highest BCUT2D eigenvalue weighted by Crippen LogP contribution is 2.13. The van der Waals surface area contributed by atoms with Gasteiger partial charge in [-0.25, -0.2) is 13.1 Å². The molecule has 5 nitrogen and oxygen atoms in total. The fourth-order valence-electron chi connectivity index (χ4n) is 2.16. The first kappa shape index (κ1) is 17.5. The van der Waals surface area contributed by atoms with Gasteiger partial charge in [-0.1, -0.05) is 24.3 Å². The minimum absolute atomic E-state index is 0.278. The lowest BCUT2D eigenvalue weighted by atomic mass is 10.2. The third-order valence-corrected chi connectivity index (χ3v) is 4.78. The molecule has 0 spiro atoms. The molecule has 0 unspecified atom stereocenters. The molecule has 0 saturated heterocycles. The summed E-state index contributed by atoms with van der Waals surface area (Å²) in [6.07, 6.45) is 0. The van der Waals surface area contributed by atoms with Crippen LogP contribution in [0.5, 0.6) is 5.75 Å². The normalized spacial score (nSPS) is 11.4. The van der Waals surface area contributed by atoms with E-state index in [9.17, 15) is 8.42 Å². The van der Waals surface area contributed by atoms with Gasteiger partial charge in [0, 0.05) is 13.1 Å². The molecule has 124 valence electrons. The largest absolute Gasteiger partial charge is 0.494 e. The van der Waals surface area contributed by atoms with Crippen LogP contribution >= 0.6 is 0 Å². The fourth-order valence-corrected chi connectivity index (χ4v) is 2.96. The summed E-state index contributed by atoms with van der Waals surface area (Å²) in [5.74, 6) is 0.862. The second-order valence-corrected chi connectivity index (χ2v) is 6.92. The SMILES string of the molecule is CCOc1ccc(CNCc2cccc(S(=O)(=O)NC)c2)cc1. The van der Waals surface area contributed by atoms with Crippen molar-refractivity contribution in [3.8, 4) is 5.75 Å². The number of rotatable bonds is 8. The lowest BCUT2D eigenvalue weighted by molar-refractivity contribution is 0.340. The summed E-state index contributed by atoms with van der Waals surface area (Å²) in [4.78, 5) is 0.278. The van der Waals surface area contributed by atoms with Crippen LogP contribution in [-0.4, -0.2) is 22.1 Å². The molecule has 0 radical (unpaired) electrons. The van der Waals surface area contributed by atoms with Crippen LogP contribution in [0.25, 0.3) is 0 Å². The van der Waals surface area contributed by atoms with Crippen molar-refractivity contribution in [2.75, 3.05) is 13.7 Å². The average Bonchev–Trinajstić information content (AvgIpc) is 2.57. The van der Waals surface area contributed by atoms with E-state index in [1.54, 1.807) is 18.2 Å². The Balaban J connectivity index is 1.92. The Morgan fingerprint density at radius 1 is 1.00 bits per heavy atom. The highest BCUT2D eigenvalue weighted by molar-refractivity contribution is 7.89. The monoisotopic (exact) mass is 334 g/mol. The van der Waals surface area contributed by atoms with Gasteiger partial charge in [0.05, 0.1) is 11.5 Å². The topological polar surface area (TPSA) is 67.4 Å². The van der Waals surface area contributed by atoms with Gasteiger partial charge in [0.2, 0.25) is 10.0 Å². The van der Waals surface area contributed by atoms with Crippen molar-refractivity contribution in [1.29, 1.82) is 0 Å². The lowest BCUT2D eigenvalue weighted by Crippen LogP contribution is -2.19. The van der Waals surface area contributed by atoms with Crippen molar-refractivity contribution >= 4 is 10.0 Å². The maximum atomic E-state index is 11.8. The van der Waals surface area contributed by atoms with E-state index in [0.717, 1.165) is 16.9 Å². The second kappa shape index (κ2) is 8.10. The van der Waals surface area contributed by atoms with Gasteiger partial charge in [0.25, 0.3) is 0 Å². The van der Waals surface area contributed by atoms with E-state index in [1.807, 2.05) is 37.3 Å². The maximum absolute atomic E-state index is 11.8. The predicted molar refractivity (Wildman–Crippen MR) is 90.8 cm³/mol. The molecule has 0 bridgehead atoms.